The first-order valence-corrected chi connectivity index (χ1v) is 14.0. The molecule has 0 saturated carbocycles. The molecule has 3 heterocycles. The maximum atomic E-state index is 13.4. The van der Waals surface area contributed by atoms with Crippen molar-refractivity contribution in [2.45, 2.75) is 76.7 Å². The molecule has 200 valence electrons. The highest BCUT2D eigenvalue weighted by Crippen LogP contribution is 2.39. The number of nitrogens with two attached hydrogens (primary N) is 1. The lowest BCUT2D eigenvalue weighted by Crippen LogP contribution is -2.43. The molecule has 2 atom stereocenters. The lowest BCUT2D eigenvalue weighted by Gasteiger charge is -2.29. The second-order valence-corrected chi connectivity index (χ2v) is 10.5. The van der Waals surface area contributed by atoms with Gasteiger partial charge in [-0.1, -0.05) is 19.4 Å². The number of likely N-dealkylation sites (tertiary alicyclic amines) is 2. The van der Waals surface area contributed by atoms with Gasteiger partial charge in [0.1, 0.15) is 0 Å². The number of rotatable bonds is 14. The highest BCUT2D eigenvalue weighted by atomic mass is 16.7. The van der Waals surface area contributed by atoms with Gasteiger partial charge in [-0.3, -0.25) is 14.5 Å². The van der Waals surface area contributed by atoms with Crippen molar-refractivity contribution in [1.82, 2.24) is 14.7 Å². The number of benzene rings is 1. The summed E-state index contributed by atoms with van der Waals surface area (Å²) in [6.45, 7) is 7.76. The number of nitrogens with zero attached hydrogens (tertiary/aromatic N) is 3. The molecule has 0 radical (unpaired) electrons. The molecule has 0 bridgehead atoms. The minimum atomic E-state index is 0.228. The van der Waals surface area contributed by atoms with Crippen LogP contribution in [0.2, 0.25) is 0 Å². The topological polar surface area (TPSA) is 88.3 Å². The molecule has 0 aromatic heterocycles. The Morgan fingerprint density at radius 3 is 2.75 bits per heavy atom. The third-order valence-electron chi connectivity index (χ3n) is 7.89. The third kappa shape index (κ3) is 6.91. The van der Waals surface area contributed by atoms with Crippen LogP contribution in [-0.2, 0) is 9.59 Å². The molecule has 4 rings (SSSR count). The van der Waals surface area contributed by atoms with Crippen LogP contribution in [0, 0.1) is 0 Å². The SMILES string of the molecule is CCCCN(CCCCN)C(=O)CN1CC(c2ccc3c(c2)OCO3)C[C@@H]1CCCN1CCCC1=O. The first-order chi connectivity index (χ1) is 17.6. The summed E-state index contributed by atoms with van der Waals surface area (Å²) in [5.41, 5.74) is 6.94. The molecule has 1 aromatic rings. The Morgan fingerprint density at radius 2 is 1.97 bits per heavy atom. The summed E-state index contributed by atoms with van der Waals surface area (Å²) in [7, 11) is 0. The van der Waals surface area contributed by atoms with E-state index in [0.29, 0.717) is 31.5 Å². The number of unbranched alkanes of at least 4 members (excludes halogenated alkanes) is 2. The number of carbonyl (C=O) groups is 2. The smallest absolute Gasteiger partial charge is 0.236 e. The van der Waals surface area contributed by atoms with E-state index in [1.54, 1.807) is 0 Å². The van der Waals surface area contributed by atoms with Crippen molar-refractivity contribution in [3.63, 3.8) is 0 Å². The first kappa shape index (κ1) is 26.7. The molecule has 8 nitrogen and oxygen atoms in total. The quantitative estimate of drug-likeness (QED) is 0.394. The molecular formula is C28H44N4O4. The first-order valence-electron chi connectivity index (χ1n) is 14.0. The van der Waals surface area contributed by atoms with Crippen molar-refractivity contribution in [1.29, 1.82) is 0 Å². The molecule has 0 aliphatic carbocycles. The normalized spacial score (nSPS) is 21.5. The van der Waals surface area contributed by atoms with E-state index in [4.69, 9.17) is 15.2 Å². The van der Waals surface area contributed by atoms with Crippen LogP contribution in [0.1, 0.15) is 76.2 Å². The Hall–Kier alpha value is -2.32. The van der Waals surface area contributed by atoms with Gasteiger partial charge in [0.2, 0.25) is 18.6 Å². The van der Waals surface area contributed by atoms with Gasteiger partial charge in [-0.25, -0.2) is 0 Å². The minimum absolute atomic E-state index is 0.228. The van der Waals surface area contributed by atoms with Crippen molar-refractivity contribution >= 4 is 11.8 Å². The van der Waals surface area contributed by atoms with Crippen LogP contribution in [-0.4, -0.2) is 85.2 Å². The Kier molecular flexibility index (Phi) is 9.87. The maximum absolute atomic E-state index is 13.4. The average molecular weight is 501 g/mol. The summed E-state index contributed by atoms with van der Waals surface area (Å²) in [5.74, 6) is 2.49. The fourth-order valence-electron chi connectivity index (χ4n) is 5.78. The van der Waals surface area contributed by atoms with Crippen LogP contribution in [0.5, 0.6) is 11.5 Å². The van der Waals surface area contributed by atoms with Gasteiger partial charge in [-0.15, -0.1) is 0 Å². The Bertz CT molecular complexity index is 879. The molecule has 1 aromatic carbocycles. The zero-order chi connectivity index (χ0) is 25.3. The van der Waals surface area contributed by atoms with Crippen LogP contribution in [0.4, 0.5) is 0 Å². The molecule has 2 N–H and O–H groups in total. The zero-order valence-corrected chi connectivity index (χ0v) is 22.0. The summed E-state index contributed by atoms with van der Waals surface area (Å²) in [5, 5.41) is 0. The number of ether oxygens (including phenoxy) is 2. The van der Waals surface area contributed by atoms with Gasteiger partial charge in [0, 0.05) is 45.2 Å². The van der Waals surface area contributed by atoms with Crippen molar-refractivity contribution in [3.05, 3.63) is 23.8 Å². The van der Waals surface area contributed by atoms with E-state index in [9.17, 15) is 9.59 Å². The number of carbonyl (C=O) groups excluding carboxylic acids is 2. The Morgan fingerprint density at radius 1 is 1.14 bits per heavy atom. The minimum Gasteiger partial charge on any atom is -0.454 e. The van der Waals surface area contributed by atoms with E-state index in [-0.39, 0.29) is 18.6 Å². The van der Waals surface area contributed by atoms with E-state index in [1.807, 2.05) is 15.9 Å². The molecule has 3 aliphatic rings. The van der Waals surface area contributed by atoms with E-state index in [2.05, 4.69) is 24.0 Å². The van der Waals surface area contributed by atoms with Crippen molar-refractivity contribution < 1.29 is 19.1 Å². The summed E-state index contributed by atoms with van der Waals surface area (Å²) in [4.78, 5) is 31.9. The molecule has 8 heteroatoms. The van der Waals surface area contributed by atoms with E-state index < -0.39 is 0 Å². The second kappa shape index (κ2) is 13.3. The van der Waals surface area contributed by atoms with Crippen LogP contribution >= 0.6 is 0 Å². The van der Waals surface area contributed by atoms with Gasteiger partial charge in [-0.2, -0.15) is 0 Å². The highest BCUT2D eigenvalue weighted by molar-refractivity contribution is 5.78. The van der Waals surface area contributed by atoms with Gasteiger partial charge in [0.05, 0.1) is 6.54 Å². The molecule has 1 unspecified atom stereocenters. The molecule has 2 amide bonds. The standard InChI is InChI=1S/C28H44N4O4/c1-2-3-13-31(14-5-4-12-29)28(34)20-32-19-23(22-10-11-25-26(18-22)36-21-35-25)17-24(32)8-6-15-30-16-7-9-27(30)33/h10-11,18,23-24H,2-9,12-17,19-21,29H2,1H3/t23?,24-/m0/s1. The lowest BCUT2D eigenvalue weighted by molar-refractivity contribution is -0.132. The predicted octanol–water partition coefficient (Wildman–Crippen LogP) is 3.34. The van der Waals surface area contributed by atoms with E-state index in [1.165, 1.54) is 5.56 Å². The molecule has 3 aliphatic heterocycles. The maximum Gasteiger partial charge on any atom is 0.236 e. The van der Waals surface area contributed by atoms with Gasteiger partial charge < -0.3 is 25.0 Å². The molecule has 2 saturated heterocycles. The van der Waals surface area contributed by atoms with Crippen LogP contribution < -0.4 is 15.2 Å². The van der Waals surface area contributed by atoms with Crippen LogP contribution in [0.15, 0.2) is 18.2 Å². The zero-order valence-electron chi connectivity index (χ0n) is 22.0. The number of hydrogen-bond donors (Lipinski definition) is 1. The number of amides is 2. The Balaban J connectivity index is 1.41. The van der Waals surface area contributed by atoms with Gasteiger partial charge in [0.15, 0.2) is 11.5 Å². The fourth-order valence-corrected chi connectivity index (χ4v) is 5.78. The second-order valence-electron chi connectivity index (χ2n) is 10.5. The molecule has 2 fully saturated rings. The van der Waals surface area contributed by atoms with Crippen molar-refractivity contribution in [2.75, 3.05) is 52.6 Å². The van der Waals surface area contributed by atoms with Gasteiger partial charge >= 0.3 is 0 Å². The fraction of sp³-hybridized carbons (Fsp3) is 0.714. The summed E-state index contributed by atoms with van der Waals surface area (Å²) < 4.78 is 11.1. The monoisotopic (exact) mass is 500 g/mol. The average Bonchev–Trinajstić information content (AvgIpc) is 3.61. The lowest BCUT2D eigenvalue weighted by atomic mass is 9.94. The number of hydrogen-bond acceptors (Lipinski definition) is 6. The van der Waals surface area contributed by atoms with Crippen molar-refractivity contribution in [2.24, 2.45) is 5.73 Å². The van der Waals surface area contributed by atoms with Gasteiger partial charge in [0.25, 0.3) is 0 Å². The van der Waals surface area contributed by atoms with Crippen LogP contribution in [0.25, 0.3) is 0 Å². The highest BCUT2D eigenvalue weighted by Gasteiger charge is 2.35. The molecule has 0 spiro atoms. The third-order valence-corrected chi connectivity index (χ3v) is 7.89. The summed E-state index contributed by atoms with van der Waals surface area (Å²) in [6.07, 6.45) is 8.67. The van der Waals surface area contributed by atoms with Gasteiger partial charge in [-0.05, 0) is 75.1 Å². The summed E-state index contributed by atoms with van der Waals surface area (Å²) in [6, 6.07) is 6.59. The van der Waals surface area contributed by atoms with E-state index in [0.717, 1.165) is 95.6 Å². The molecule has 36 heavy (non-hydrogen) atoms. The van der Waals surface area contributed by atoms with E-state index >= 15 is 0 Å². The largest absolute Gasteiger partial charge is 0.454 e. The molecular weight excluding hydrogens is 456 g/mol. The Labute approximate surface area is 216 Å². The number of fused-ring (bicyclic) bond motifs is 1. The van der Waals surface area contributed by atoms with Crippen molar-refractivity contribution in [3.8, 4) is 11.5 Å². The summed E-state index contributed by atoms with van der Waals surface area (Å²) >= 11 is 0. The predicted molar refractivity (Wildman–Crippen MR) is 140 cm³/mol. The van der Waals surface area contributed by atoms with Crippen LogP contribution in [0.3, 0.4) is 0 Å².